The summed E-state index contributed by atoms with van der Waals surface area (Å²) < 4.78 is 53.1. The highest BCUT2D eigenvalue weighted by Gasteiger charge is 2.53. The standard InChI is InChI=1S/C56H89N3O16/c1-15-43-56(10,67)48(62)35(6)58(13)29-31(2)27-54(8,66)49(75-53-46(61)42(57(11)12)25-32(3)71-53)33(4)47(34(5)52(65)73-43)74-44-28-55(9,68-14)50(36(7)72-44)70-24-23-69-22-16-17-37-18-21-41-39(26-37)45(60)40(51(63)64)30-59(41)38-19-20-38/h16,18,21-22,26,30-36,38,42-44,46-50,53,61-62,66-67H,15,17,19-20,23-25,27-29H2,1-14H3,(H,63,64)/b22-16+/t31-,32-,33+,34-,35-,36+,42+,43-,44?,46-,47+,48+,49-,50+,53+,54-,55-,56-/m1/s1. The highest BCUT2D eigenvalue weighted by Crippen LogP contribution is 2.41. The van der Waals surface area contributed by atoms with Crippen LogP contribution >= 0.6 is 0 Å². The van der Waals surface area contributed by atoms with Gasteiger partial charge in [-0.2, -0.15) is 0 Å². The number of aliphatic hydroxyl groups is 4. The van der Waals surface area contributed by atoms with Crippen molar-refractivity contribution in [2.75, 3.05) is 48.0 Å². The predicted molar refractivity (Wildman–Crippen MR) is 280 cm³/mol. The number of esters is 1. The molecular weight excluding hydrogens is 971 g/mol. The van der Waals surface area contributed by atoms with E-state index in [1.54, 1.807) is 47.1 Å². The van der Waals surface area contributed by atoms with Gasteiger partial charge in [-0.3, -0.25) is 9.59 Å². The molecule has 18 atom stereocenters. The number of hydrogen-bond acceptors (Lipinski definition) is 17. The summed E-state index contributed by atoms with van der Waals surface area (Å²) in [6, 6.07) is 4.85. The maximum absolute atomic E-state index is 14.6. The molecule has 4 aliphatic rings. The van der Waals surface area contributed by atoms with E-state index in [0.717, 1.165) is 23.9 Å². The Balaban J connectivity index is 1.20. The number of rotatable bonds is 16. The van der Waals surface area contributed by atoms with Crippen molar-refractivity contribution in [2.45, 2.75) is 211 Å². The molecule has 3 aliphatic heterocycles. The Bertz CT molecular complexity index is 2320. The second-order valence-electron chi connectivity index (χ2n) is 23.1. The van der Waals surface area contributed by atoms with Gasteiger partial charge in [-0.1, -0.05) is 26.8 Å². The summed E-state index contributed by atoms with van der Waals surface area (Å²) in [6.45, 7) is 18.7. The first-order valence-electron chi connectivity index (χ1n) is 27.0. The van der Waals surface area contributed by atoms with Gasteiger partial charge >= 0.3 is 11.9 Å². The number of benzene rings is 1. The molecule has 4 fully saturated rings. The molecule has 3 saturated heterocycles. The molecule has 6 rings (SSSR count). The number of allylic oxidation sites excluding steroid dienone is 1. The van der Waals surface area contributed by atoms with Crippen molar-refractivity contribution >= 4 is 22.8 Å². The quantitative estimate of drug-likeness (QED) is 0.0841. The normalized spacial score (nSPS) is 39.1. The number of nitrogens with zero attached hydrogens (tertiary/aromatic N) is 3. The van der Waals surface area contributed by atoms with Crippen LogP contribution in [0.15, 0.2) is 41.5 Å². The number of methoxy groups -OCH3 is 1. The van der Waals surface area contributed by atoms with E-state index >= 15 is 0 Å². The van der Waals surface area contributed by atoms with Crippen molar-refractivity contribution in [3.63, 3.8) is 0 Å². The van der Waals surface area contributed by atoms with E-state index in [-0.39, 0.29) is 62.1 Å². The van der Waals surface area contributed by atoms with E-state index in [1.807, 2.05) is 88.3 Å². The molecule has 0 radical (unpaired) electrons. The zero-order valence-electron chi connectivity index (χ0n) is 46.8. The fourth-order valence-electron chi connectivity index (χ4n) is 11.9. The van der Waals surface area contributed by atoms with Crippen LogP contribution in [0.3, 0.4) is 0 Å². The molecular formula is C56H89N3O16. The van der Waals surface area contributed by atoms with Gasteiger partial charge in [-0.15, -0.1) is 0 Å². The highest BCUT2D eigenvalue weighted by molar-refractivity contribution is 5.92. The lowest BCUT2D eigenvalue weighted by molar-refractivity contribution is -0.321. The van der Waals surface area contributed by atoms with Crippen molar-refractivity contribution in [2.24, 2.45) is 17.8 Å². The number of fused-ring (bicyclic) bond motifs is 1. The lowest BCUT2D eigenvalue weighted by atomic mass is 9.77. The summed E-state index contributed by atoms with van der Waals surface area (Å²) >= 11 is 0. The van der Waals surface area contributed by atoms with Gasteiger partial charge in [0.25, 0.3) is 0 Å². The first-order chi connectivity index (χ1) is 35.1. The zero-order chi connectivity index (χ0) is 55.5. The number of hydrogen-bond donors (Lipinski definition) is 5. The molecule has 1 saturated carbocycles. The molecule has 0 spiro atoms. The lowest BCUT2D eigenvalue weighted by Gasteiger charge is -2.49. The molecule has 424 valence electrons. The number of pyridine rings is 1. The third kappa shape index (κ3) is 14.0. The minimum Gasteiger partial charge on any atom is -0.499 e. The number of ether oxygens (including phenoxy) is 8. The number of aromatic carboxylic acids is 1. The summed E-state index contributed by atoms with van der Waals surface area (Å²) in [5.74, 6) is -3.98. The van der Waals surface area contributed by atoms with Crippen molar-refractivity contribution in [3.8, 4) is 0 Å². The van der Waals surface area contributed by atoms with Crippen LogP contribution in [0.1, 0.15) is 130 Å². The number of likely N-dealkylation sites (N-methyl/N-ethyl adjacent to an activating group) is 2. The van der Waals surface area contributed by atoms with Gasteiger partial charge in [-0.05, 0) is 138 Å². The van der Waals surface area contributed by atoms with Crippen LogP contribution in [0.5, 0.6) is 0 Å². The Morgan fingerprint density at radius 1 is 0.960 bits per heavy atom. The molecule has 4 heterocycles. The molecule has 5 N–H and O–H groups in total. The van der Waals surface area contributed by atoms with Crippen molar-refractivity contribution in [1.29, 1.82) is 0 Å². The topological polar surface area (TPSA) is 238 Å². The fourth-order valence-corrected chi connectivity index (χ4v) is 11.9. The Hall–Kier alpha value is -3.57. The molecule has 1 aromatic carbocycles. The molecule has 75 heavy (non-hydrogen) atoms. The minimum absolute atomic E-state index is 0.157. The number of carbonyl (C=O) groups is 2. The Labute approximate surface area is 443 Å². The number of carboxylic acids is 1. The van der Waals surface area contributed by atoms with Crippen LogP contribution < -0.4 is 5.43 Å². The molecule has 19 heteroatoms. The largest absolute Gasteiger partial charge is 0.499 e. The van der Waals surface area contributed by atoms with E-state index in [1.165, 1.54) is 13.1 Å². The molecule has 0 amide bonds. The summed E-state index contributed by atoms with van der Waals surface area (Å²) in [4.78, 5) is 43.4. The number of aromatic nitrogens is 1. The van der Waals surface area contributed by atoms with Crippen LogP contribution in [0.2, 0.25) is 0 Å². The predicted octanol–water partition coefficient (Wildman–Crippen LogP) is 5.05. The average Bonchev–Trinajstić information content (AvgIpc) is 4.19. The molecule has 0 bridgehead atoms. The van der Waals surface area contributed by atoms with Gasteiger partial charge in [0.05, 0.1) is 59.9 Å². The number of aliphatic hydroxyl groups excluding tert-OH is 2. The molecule has 19 nitrogen and oxygen atoms in total. The van der Waals surface area contributed by atoms with Gasteiger partial charge in [0.1, 0.15) is 42.2 Å². The molecule has 1 aliphatic carbocycles. The van der Waals surface area contributed by atoms with Gasteiger partial charge in [0.15, 0.2) is 12.6 Å². The van der Waals surface area contributed by atoms with Crippen molar-refractivity contribution in [1.82, 2.24) is 14.4 Å². The zero-order valence-corrected chi connectivity index (χ0v) is 46.8. The van der Waals surface area contributed by atoms with Gasteiger partial charge in [-0.25, -0.2) is 4.79 Å². The molecule has 1 unspecified atom stereocenters. The average molecular weight is 1060 g/mol. The maximum Gasteiger partial charge on any atom is 0.341 e. The van der Waals surface area contributed by atoms with Crippen LogP contribution in [0.25, 0.3) is 10.9 Å². The third-order valence-electron chi connectivity index (χ3n) is 16.5. The number of carbonyl (C=O) groups excluding carboxylic acids is 1. The van der Waals surface area contributed by atoms with E-state index in [0.29, 0.717) is 24.8 Å². The van der Waals surface area contributed by atoms with Crippen LogP contribution in [0.4, 0.5) is 0 Å². The lowest BCUT2D eigenvalue weighted by Crippen LogP contribution is -2.61. The summed E-state index contributed by atoms with van der Waals surface area (Å²) in [7, 11) is 7.18. The summed E-state index contributed by atoms with van der Waals surface area (Å²) in [6.07, 6.45) is -1.00. The van der Waals surface area contributed by atoms with Gasteiger partial charge < -0.3 is 77.8 Å². The van der Waals surface area contributed by atoms with Gasteiger partial charge in [0.2, 0.25) is 5.43 Å². The first-order valence-corrected chi connectivity index (χ1v) is 27.0. The van der Waals surface area contributed by atoms with Crippen LogP contribution in [0, 0.1) is 17.8 Å². The van der Waals surface area contributed by atoms with Crippen LogP contribution in [-0.2, 0) is 49.1 Å². The van der Waals surface area contributed by atoms with E-state index in [4.69, 9.17) is 37.9 Å². The summed E-state index contributed by atoms with van der Waals surface area (Å²) in [5, 5.41) is 58.2. The van der Waals surface area contributed by atoms with E-state index in [9.17, 15) is 39.9 Å². The summed E-state index contributed by atoms with van der Waals surface area (Å²) in [5.41, 5.74) is -3.62. The van der Waals surface area contributed by atoms with E-state index < -0.39 is 107 Å². The number of cyclic esters (lactones) is 1. The molecule has 1 aromatic heterocycles. The smallest absolute Gasteiger partial charge is 0.341 e. The molecule has 2 aromatic rings. The minimum atomic E-state index is -1.84. The van der Waals surface area contributed by atoms with Crippen molar-refractivity contribution < 1.29 is 73.0 Å². The highest BCUT2D eigenvalue weighted by atomic mass is 16.7. The van der Waals surface area contributed by atoms with Gasteiger partial charge in [0, 0.05) is 55.7 Å². The van der Waals surface area contributed by atoms with Crippen molar-refractivity contribution in [3.05, 3.63) is 58.1 Å². The second kappa shape index (κ2) is 25.0. The number of carboxylic acid groups (broad SMARTS) is 1. The first kappa shape index (κ1) is 60.7. The van der Waals surface area contributed by atoms with E-state index in [2.05, 4.69) is 0 Å². The Morgan fingerprint density at radius 2 is 1.65 bits per heavy atom. The van der Waals surface area contributed by atoms with Crippen LogP contribution in [-0.4, -0.2) is 190 Å². The third-order valence-corrected chi connectivity index (χ3v) is 16.5. The Morgan fingerprint density at radius 3 is 2.28 bits per heavy atom. The maximum atomic E-state index is 14.6. The monoisotopic (exact) mass is 1060 g/mol. The fraction of sp³-hybridized carbons (Fsp3) is 0.768. The Kier molecular flexibility index (Phi) is 20.3. The second-order valence-corrected chi connectivity index (χ2v) is 23.1. The SMILES string of the molecule is CC[C@H]1OC(=O)[C@H](C)[C@@H](OC2C[C@@](C)(OC)[C@@H](OCCO/C=C/Cc3ccc4c(c3)c(=O)c(C(=O)O)cn4C3CC3)[C@H](C)O2)[C@H](C)[C@@H](O[C@@H]2O[C@H](C)C[C@H](N(C)C)[C@H]2O)[C@](C)(O)C[C@@H](C)CN(C)[C@H](C)[C@H](O)[C@]1(C)O.